The van der Waals surface area contributed by atoms with Crippen LogP contribution in [0, 0.1) is 0 Å². The number of ether oxygens (including phenoxy) is 1. The normalized spacial score (nSPS) is 28.0. The van der Waals surface area contributed by atoms with Crippen molar-refractivity contribution < 1.29 is 14.9 Å². The largest absolute Gasteiger partial charge is 0.393 e. The van der Waals surface area contributed by atoms with Crippen LogP contribution < -0.4 is 5.73 Å². The van der Waals surface area contributed by atoms with Gasteiger partial charge in [0.1, 0.15) is 18.0 Å². The molecule has 3 heterocycles. The number of aromatic nitrogens is 4. The fraction of sp³-hybridized carbons (Fsp3) is 0.500. The van der Waals surface area contributed by atoms with Gasteiger partial charge in [-0.25, -0.2) is 14.5 Å². The molecule has 0 aromatic carbocycles. The summed E-state index contributed by atoms with van der Waals surface area (Å²) in [6.45, 7) is -0.251. The number of nitrogens with zero attached hydrogens (tertiary/aromatic N) is 4. The van der Waals surface area contributed by atoms with Crippen molar-refractivity contribution in [3.8, 4) is 0 Å². The van der Waals surface area contributed by atoms with E-state index in [0.717, 1.165) is 0 Å². The maximum absolute atomic E-state index is 9.93. The molecule has 8 heteroatoms. The van der Waals surface area contributed by atoms with Gasteiger partial charge in [-0.1, -0.05) is 0 Å². The van der Waals surface area contributed by atoms with E-state index >= 15 is 0 Å². The van der Waals surface area contributed by atoms with Gasteiger partial charge in [0.15, 0.2) is 11.5 Å². The maximum atomic E-state index is 9.93. The SMILES string of the molecule is Nc1ncnn2c([C@H]3C[C@](O)(CO)CO3)cnc12. The monoisotopic (exact) mass is 251 g/mol. The smallest absolute Gasteiger partial charge is 0.196 e. The van der Waals surface area contributed by atoms with Crippen molar-refractivity contribution in [2.75, 3.05) is 18.9 Å². The zero-order chi connectivity index (χ0) is 12.8. The van der Waals surface area contributed by atoms with E-state index < -0.39 is 5.60 Å². The molecule has 0 aliphatic carbocycles. The summed E-state index contributed by atoms with van der Waals surface area (Å²) in [7, 11) is 0. The summed E-state index contributed by atoms with van der Waals surface area (Å²) in [5.41, 5.74) is 5.62. The van der Waals surface area contributed by atoms with E-state index in [0.29, 0.717) is 17.8 Å². The Bertz CT molecular complexity index is 586. The molecule has 0 unspecified atom stereocenters. The lowest BCUT2D eigenvalue weighted by Crippen LogP contribution is -2.33. The molecule has 0 spiro atoms. The summed E-state index contributed by atoms with van der Waals surface area (Å²) in [5, 5.41) is 23.1. The van der Waals surface area contributed by atoms with E-state index in [4.69, 9.17) is 15.6 Å². The minimum absolute atomic E-state index is 0.0853. The van der Waals surface area contributed by atoms with Crippen molar-refractivity contribution in [2.24, 2.45) is 0 Å². The molecule has 1 aliphatic heterocycles. The number of nitrogen functional groups attached to an aromatic ring is 1. The first-order valence-corrected chi connectivity index (χ1v) is 5.52. The van der Waals surface area contributed by atoms with E-state index in [2.05, 4.69) is 15.1 Å². The van der Waals surface area contributed by atoms with Crippen molar-refractivity contribution in [1.29, 1.82) is 0 Å². The summed E-state index contributed by atoms with van der Waals surface area (Å²) in [6.07, 6.45) is 2.85. The Balaban J connectivity index is 1.99. The Labute approximate surface area is 102 Å². The minimum atomic E-state index is -1.20. The summed E-state index contributed by atoms with van der Waals surface area (Å²) in [6, 6.07) is 0. The van der Waals surface area contributed by atoms with E-state index in [-0.39, 0.29) is 25.1 Å². The average molecular weight is 251 g/mol. The third-order valence-electron chi connectivity index (χ3n) is 3.10. The van der Waals surface area contributed by atoms with E-state index in [1.807, 2.05) is 0 Å². The van der Waals surface area contributed by atoms with Crippen LogP contribution in [0.2, 0.25) is 0 Å². The predicted molar refractivity (Wildman–Crippen MR) is 60.5 cm³/mol. The molecule has 18 heavy (non-hydrogen) atoms. The van der Waals surface area contributed by atoms with Crippen LogP contribution in [0.25, 0.3) is 5.65 Å². The number of imidazole rings is 1. The van der Waals surface area contributed by atoms with Gasteiger partial charge in [0.2, 0.25) is 0 Å². The molecule has 2 atom stereocenters. The molecule has 0 radical (unpaired) electrons. The van der Waals surface area contributed by atoms with Crippen LogP contribution in [0.5, 0.6) is 0 Å². The van der Waals surface area contributed by atoms with Crippen molar-refractivity contribution >= 4 is 11.5 Å². The third kappa shape index (κ3) is 1.62. The van der Waals surface area contributed by atoms with Gasteiger partial charge in [0.05, 0.1) is 25.1 Å². The molecule has 1 fully saturated rings. The Morgan fingerprint density at radius 2 is 2.39 bits per heavy atom. The van der Waals surface area contributed by atoms with Gasteiger partial charge in [0, 0.05) is 6.42 Å². The third-order valence-corrected chi connectivity index (χ3v) is 3.10. The van der Waals surface area contributed by atoms with Crippen LogP contribution in [0.4, 0.5) is 5.82 Å². The first-order chi connectivity index (χ1) is 8.63. The molecule has 4 N–H and O–H groups in total. The van der Waals surface area contributed by atoms with E-state index in [1.165, 1.54) is 10.8 Å². The molecular weight excluding hydrogens is 238 g/mol. The molecule has 3 rings (SSSR count). The zero-order valence-corrected chi connectivity index (χ0v) is 9.52. The number of hydrogen-bond donors (Lipinski definition) is 3. The highest BCUT2D eigenvalue weighted by Crippen LogP contribution is 2.34. The lowest BCUT2D eigenvalue weighted by molar-refractivity contribution is -0.0216. The zero-order valence-electron chi connectivity index (χ0n) is 9.52. The van der Waals surface area contributed by atoms with Gasteiger partial charge in [-0.15, -0.1) is 0 Å². The van der Waals surface area contributed by atoms with E-state index in [9.17, 15) is 5.11 Å². The fourth-order valence-corrected chi connectivity index (χ4v) is 2.09. The summed E-state index contributed by atoms with van der Waals surface area (Å²) >= 11 is 0. The van der Waals surface area contributed by atoms with Gasteiger partial charge < -0.3 is 20.7 Å². The second-order valence-electron chi connectivity index (χ2n) is 4.45. The Hall–Kier alpha value is -1.77. The van der Waals surface area contributed by atoms with Crippen molar-refractivity contribution in [3.63, 3.8) is 0 Å². The predicted octanol–water partition coefficient (Wildman–Crippen LogP) is -1.11. The molecule has 2 aromatic rings. The molecule has 8 nitrogen and oxygen atoms in total. The maximum Gasteiger partial charge on any atom is 0.196 e. The number of rotatable bonds is 2. The number of fused-ring (bicyclic) bond motifs is 1. The topological polar surface area (TPSA) is 119 Å². The average Bonchev–Trinajstić information content (AvgIpc) is 2.94. The number of nitrogens with two attached hydrogens (primary N) is 1. The molecule has 0 amide bonds. The molecule has 96 valence electrons. The van der Waals surface area contributed by atoms with Gasteiger partial charge in [-0.2, -0.15) is 5.10 Å². The second kappa shape index (κ2) is 3.87. The quantitative estimate of drug-likeness (QED) is 0.619. The van der Waals surface area contributed by atoms with Gasteiger partial charge in [-0.05, 0) is 0 Å². The molecular formula is C10H13N5O3. The standard InChI is InChI=1S/C10H13N5O3/c11-8-9-12-2-6(15(9)14-5-13-8)7-1-10(17,3-16)4-18-7/h2,5,7,16-17H,1,3-4H2,(H2,11,13,14)/t7-,10+/m1/s1. The highest BCUT2D eigenvalue weighted by molar-refractivity contribution is 5.58. The van der Waals surface area contributed by atoms with Gasteiger partial charge in [0.25, 0.3) is 0 Å². The van der Waals surface area contributed by atoms with Crippen LogP contribution in [0.1, 0.15) is 18.2 Å². The molecule has 2 aromatic heterocycles. The second-order valence-corrected chi connectivity index (χ2v) is 4.45. The number of aliphatic hydroxyl groups is 2. The molecule has 1 aliphatic rings. The minimum Gasteiger partial charge on any atom is -0.393 e. The summed E-state index contributed by atoms with van der Waals surface area (Å²) < 4.78 is 7.02. The molecule has 0 saturated carbocycles. The molecule has 0 bridgehead atoms. The summed E-state index contributed by atoms with van der Waals surface area (Å²) in [5.74, 6) is 0.284. The van der Waals surface area contributed by atoms with Crippen molar-refractivity contribution in [3.05, 3.63) is 18.2 Å². The Morgan fingerprint density at radius 3 is 3.11 bits per heavy atom. The van der Waals surface area contributed by atoms with Gasteiger partial charge in [-0.3, -0.25) is 0 Å². The summed E-state index contributed by atoms with van der Waals surface area (Å²) in [4.78, 5) is 7.97. The lowest BCUT2D eigenvalue weighted by Gasteiger charge is -2.16. The number of hydrogen-bond acceptors (Lipinski definition) is 7. The lowest BCUT2D eigenvalue weighted by atomic mass is 10.0. The van der Waals surface area contributed by atoms with Gasteiger partial charge >= 0.3 is 0 Å². The van der Waals surface area contributed by atoms with Crippen LogP contribution in [0.15, 0.2) is 12.5 Å². The highest BCUT2D eigenvalue weighted by atomic mass is 16.5. The van der Waals surface area contributed by atoms with Crippen molar-refractivity contribution in [2.45, 2.75) is 18.1 Å². The van der Waals surface area contributed by atoms with Crippen LogP contribution in [-0.4, -0.2) is 48.6 Å². The Morgan fingerprint density at radius 1 is 1.56 bits per heavy atom. The highest BCUT2D eigenvalue weighted by Gasteiger charge is 2.40. The fourth-order valence-electron chi connectivity index (χ4n) is 2.09. The number of anilines is 1. The first-order valence-electron chi connectivity index (χ1n) is 5.52. The van der Waals surface area contributed by atoms with Crippen molar-refractivity contribution in [1.82, 2.24) is 19.6 Å². The molecule has 1 saturated heterocycles. The van der Waals surface area contributed by atoms with Crippen LogP contribution >= 0.6 is 0 Å². The Kier molecular flexibility index (Phi) is 2.44. The number of aliphatic hydroxyl groups excluding tert-OH is 1. The first kappa shape index (κ1) is 11.3. The van der Waals surface area contributed by atoms with E-state index in [1.54, 1.807) is 6.20 Å². The van der Waals surface area contributed by atoms with Crippen LogP contribution in [0.3, 0.4) is 0 Å². The van der Waals surface area contributed by atoms with Crippen LogP contribution in [-0.2, 0) is 4.74 Å².